The smallest absolute Gasteiger partial charge is 0.271 e. The molecule has 6 nitrogen and oxygen atoms in total. The minimum atomic E-state index is -0.337. The van der Waals surface area contributed by atoms with E-state index in [4.69, 9.17) is 9.47 Å². The predicted molar refractivity (Wildman–Crippen MR) is 78.8 cm³/mol. The van der Waals surface area contributed by atoms with Gasteiger partial charge in [0.15, 0.2) is 11.5 Å². The minimum absolute atomic E-state index is 0.337. The molecule has 0 radical (unpaired) electrons. The molecule has 0 fully saturated rings. The molecule has 0 aliphatic carbocycles. The molecule has 0 aliphatic rings. The third kappa shape index (κ3) is 3.79. The molecule has 2 rings (SSSR count). The summed E-state index contributed by atoms with van der Waals surface area (Å²) in [6.45, 7) is 0. The van der Waals surface area contributed by atoms with E-state index >= 15 is 0 Å². The summed E-state index contributed by atoms with van der Waals surface area (Å²) in [5.41, 5.74) is 3.67. The van der Waals surface area contributed by atoms with Gasteiger partial charge in [-0.15, -0.1) is 0 Å². The number of pyridine rings is 1. The predicted octanol–water partition coefficient (Wildman–Crippen LogP) is 1.86. The van der Waals surface area contributed by atoms with Crippen molar-refractivity contribution in [2.45, 2.75) is 0 Å². The molecule has 0 unspecified atom stereocenters. The maximum atomic E-state index is 12.0. The number of amides is 1. The van der Waals surface area contributed by atoms with Gasteiger partial charge in [0.1, 0.15) is 0 Å². The van der Waals surface area contributed by atoms with Crippen LogP contribution in [0.4, 0.5) is 0 Å². The summed E-state index contributed by atoms with van der Waals surface area (Å²) in [5, 5.41) is 3.88. The van der Waals surface area contributed by atoms with Gasteiger partial charge in [-0.1, -0.05) is 6.07 Å². The van der Waals surface area contributed by atoms with Gasteiger partial charge in [-0.25, -0.2) is 5.43 Å². The number of hydrazone groups is 1. The highest BCUT2D eigenvalue weighted by Crippen LogP contribution is 2.27. The van der Waals surface area contributed by atoms with E-state index in [-0.39, 0.29) is 5.91 Å². The largest absolute Gasteiger partial charge is 0.493 e. The van der Waals surface area contributed by atoms with Crippen LogP contribution in [0.3, 0.4) is 0 Å². The van der Waals surface area contributed by atoms with Gasteiger partial charge in [0.25, 0.3) is 5.91 Å². The van der Waals surface area contributed by atoms with Crippen LogP contribution in [-0.4, -0.2) is 31.3 Å². The lowest BCUT2D eigenvalue weighted by Crippen LogP contribution is -2.17. The highest BCUT2D eigenvalue weighted by Gasteiger charge is 2.09. The Morgan fingerprint density at radius 2 is 2.05 bits per heavy atom. The first-order valence-electron chi connectivity index (χ1n) is 6.20. The van der Waals surface area contributed by atoms with Gasteiger partial charge in [0, 0.05) is 23.5 Å². The Labute approximate surface area is 122 Å². The van der Waals surface area contributed by atoms with Gasteiger partial charge in [-0.05, 0) is 24.3 Å². The summed E-state index contributed by atoms with van der Waals surface area (Å²) >= 11 is 0. The number of hydrogen-bond acceptors (Lipinski definition) is 5. The van der Waals surface area contributed by atoms with Gasteiger partial charge in [-0.3, -0.25) is 9.78 Å². The van der Waals surface area contributed by atoms with Crippen LogP contribution in [0.2, 0.25) is 0 Å². The Kier molecular flexibility index (Phi) is 4.87. The van der Waals surface area contributed by atoms with Crippen molar-refractivity contribution in [2.75, 3.05) is 14.2 Å². The molecule has 0 bridgehead atoms. The average Bonchev–Trinajstić information content (AvgIpc) is 2.55. The molecule has 21 heavy (non-hydrogen) atoms. The average molecular weight is 285 g/mol. The summed E-state index contributed by atoms with van der Waals surface area (Å²) in [5.74, 6) is 0.713. The van der Waals surface area contributed by atoms with E-state index in [1.807, 2.05) is 6.07 Å². The fraction of sp³-hybridized carbons (Fsp3) is 0.133. The fourth-order valence-electron chi connectivity index (χ4n) is 1.66. The number of aromatic nitrogens is 1. The number of nitrogens with zero attached hydrogens (tertiary/aromatic N) is 2. The zero-order chi connectivity index (χ0) is 15.1. The first-order valence-corrected chi connectivity index (χ1v) is 6.20. The Hall–Kier alpha value is -2.89. The number of methoxy groups -OCH3 is 2. The number of rotatable bonds is 5. The van der Waals surface area contributed by atoms with Crippen LogP contribution in [0, 0.1) is 0 Å². The van der Waals surface area contributed by atoms with Crippen LogP contribution < -0.4 is 14.9 Å². The lowest BCUT2D eigenvalue weighted by atomic mass is 10.2. The first kappa shape index (κ1) is 14.5. The Balaban J connectivity index is 2.05. The van der Waals surface area contributed by atoms with Gasteiger partial charge >= 0.3 is 0 Å². The van der Waals surface area contributed by atoms with E-state index in [1.54, 1.807) is 36.7 Å². The normalized spacial score (nSPS) is 10.4. The van der Waals surface area contributed by atoms with Crippen molar-refractivity contribution in [2.24, 2.45) is 5.10 Å². The number of carbonyl (C=O) groups excluding carboxylic acids is 1. The van der Waals surface area contributed by atoms with E-state index in [1.165, 1.54) is 20.4 Å². The maximum absolute atomic E-state index is 12.0. The third-order valence-electron chi connectivity index (χ3n) is 2.71. The number of carbonyl (C=O) groups is 1. The Bertz CT molecular complexity index is 642. The first-order chi connectivity index (χ1) is 10.2. The molecule has 0 saturated heterocycles. The standard InChI is InChI=1S/C15H15N3O3/c1-20-13-6-5-12(8-14(13)21-2)15(19)18-17-10-11-4-3-7-16-9-11/h3-10H,1-2H3,(H,18,19)/b17-10+. The molecular weight excluding hydrogens is 270 g/mol. The van der Waals surface area contributed by atoms with E-state index < -0.39 is 0 Å². The van der Waals surface area contributed by atoms with Crippen LogP contribution in [0.15, 0.2) is 47.8 Å². The van der Waals surface area contributed by atoms with E-state index in [9.17, 15) is 4.79 Å². The fourth-order valence-corrected chi connectivity index (χ4v) is 1.66. The molecule has 0 atom stereocenters. The number of nitrogens with one attached hydrogen (secondary N) is 1. The Morgan fingerprint density at radius 3 is 2.71 bits per heavy atom. The van der Waals surface area contributed by atoms with Crippen molar-refractivity contribution >= 4 is 12.1 Å². The second-order valence-electron chi connectivity index (χ2n) is 4.06. The number of benzene rings is 1. The van der Waals surface area contributed by atoms with Crippen LogP contribution in [0.5, 0.6) is 11.5 Å². The molecule has 0 spiro atoms. The summed E-state index contributed by atoms with van der Waals surface area (Å²) in [6, 6.07) is 8.51. The van der Waals surface area contributed by atoms with E-state index in [0.29, 0.717) is 17.1 Å². The van der Waals surface area contributed by atoms with Crippen molar-refractivity contribution in [1.82, 2.24) is 10.4 Å². The third-order valence-corrected chi connectivity index (χ3v) is 2.71. The molecule has 1 amide bonds. The van der Waals surface area contributed by atoms with Crippen molar-refractivity contribution in [3.63, 3.8) is 0 Å². The SMILES string of the molecule is COc1ccc(C(=O)N/N=C/c2cccnc2)cc1OC. The second-order valence-corrected chi connectivity index (χ2v) is 4.06. The monoisotopic (exact) mass is 285 g/mol. The van der Waals surface area contributed by atoms with Gasteiger partial charge in [0.2, 0.25) is 0 Å². The summed E-state index contributed by atoms with van der Waals surface area (Å²) < 4.78 is 10.3. The molecular formula is C15H15N3O3. The molecule has 0 aliphatic heterocycles. The highest BCUT2D eigenvalue weighted by molar-refractivity contribution is 5.95. The molecule has 1 heterocycles. The van der Waals surface area contributed by atoms with Crippen LogP contribution in [0.25, 0.3) is 0 Å². The highest BCUT2D eigenvalue weighted by atomic mass is 16.5. The molecule has 1 N–H and O–H groups in total. The van der Waals surface area contributed by atoms with Gasteiger partial charge in [0.05, 0.1) is 20.4 Å². The summed E-state index contributed by atoms with van der Waals surface area (Å²) in [7, 11) is 3.05. The topological polar surface area (TPSA) is 72.8 Å². The lowest BCUT2D eigenvalue weighted by molar-refractivity contribution is 0.0954. The summed E-state index contributed by atoms with van der Waals surface area (Å²) in [4.78, 5) is 15.9. The molecule has 1 aromatic heterocycles. The van der Waals surface area contributed by atoms with Crippen molar-refractivity contribution in [3.05, 3.63) is 53.9 Å². The second kappa shape index (κ2) is 7.04. The maximum Gasteiger partial charge on any atom is 0.271 e. The number of ether oxygens (including phenoxy) is 2. The quantitative estimate of drug-likeness (QED) is 0.672. The van der Waals surface area contributed by atoms with E-state index in [0.717, 1.165) is 5.56 Å². The molecule has 6 heteroatoms. The zero-order valence-electron chi connectivity index (χ0n) is 11.7. The van der Waals surface area contributed by atoms with Crippen LogP contribution in [0.1, 0.15) is 15.9 Å². The van der Waals surface area contributed by atoms with E-state index in [2.05, 4.69) is 15.5 Å². The number of hydrogen-bond donors (Lipinski definition) is 1. The van der Waals surface area contributed by atoms with Crippen molar-refractivity contribution in [3.8, 4) is 11.5 Å². The molecule has 2 aromatic rings. The molecule has 108 valence electrons. The molecule has 0 saturated carbocycles. The van der Waals surface area contributed by atoms with Crippen molar-refractivity contribution in [1.29, 1.82) is 0 Å². The van der Waals surface area contributed by atoms with Gasteiger partial charge in [-0.2, -0.15) is 5.10 Å². The van der Waals surface area contributed by atoms with Crippen LogP contribution >= 0.6 is 0 Å². The Morgan fingerprint density at radius 1 is 1.24 bits per heavy atom. The lowest BCUT2D eigenvalue weighted by Gasteiger charge is -2.08. The zero-order valence-corrected chi connectivity index (χ0v) is 11.7. The summed E-state index contributed by atoms with van der Waals surface area (Å²) in [6.07, 6.45) is 4.83. The molecule has 1 aromatic carbocycles. The van der Waals surface area contributed by atoms with Crippen molar-refractivity contribution < 1.29 is 14.3 Å². The minimum Gasteiger partial charge on any atom is -0.493 e. The van der Waals surface area contributed by atoms with Crippen LogP contribution in [-0.2, 0) is 0 Å². The van der Waals surface area contributed by atoms with Gasteiger partial charge < -0.3 is 9.47 Å².